The third-order valence-electron chi connectivity index (χ3n) is 2.32. The smallest absolute Gasteiger partial charge is 0.0323 e. The molecule has 70 valence electrons. The molecule has 1 heterocycles. The van der Waals surface area contributed by atoms with Crippen LogP contribution in [0.3, 0.4) is 0 Å². The number of hydrogen-bond acceptors (Lipinski definition) is 1. The third kappa shape index (κ3) is 3.53. The molecule has 0 spiro atoms. The van der Waals surface area contributed by atoms with E-state index < -0.39 is 0 Å². The SMILES string of the molecule is C/C(=C\C1CCCSC1)C(C)Br. The number of halogens is 1. The van der Waals surface area contributed by atoms with Crippen molar-refractivity contribution in [3.05, 3.63) is 11.6 Å². The highest BCUT2D eigenvalue weighted by Crippen LogP contribution is 2.25. The lowest BCUT2D eigenvalue weighted by Gasteiger charge is -2.19. The van der Waals surface area contributed by atoms with E-state index in [1.807, 2.05) is 0 Å². The monoisotopic (exact) mass is 248 g/mol. The van der Waals surface area contributed by atoms with Gasteiger partial charge in [-0.2, -0.15) is 11.8 Å². The molecule has 1 aliphatic rings. The van der Waals surface area contributed by atoms with Crippen molar-refractivity contribution < 1.29 is 0 Å². The highest BCUT2D eigenvalue weighted by molar-refractivity contribution is 9.09. The van der Waals surface area contributed by atoms with Crippen LogP contribution in [0.2, 0.25) is 0 Å². The fourth-order valence-electron chi connectivity index (χ4n) is 1.40. The Balaban J connectivity index is 2.41. The molecule has 0 saturated carbocycles. The van der Waals surface area contributed by atoms with E-state index in [1.54, 1.807) is 0 Å². The predicted molar refractivity (Wildman–Crippen MR) is 62.2 cm³/mol. The summed E-state index contributed by atoms with van der Waals surface area (Å²) in [5, 5.41) is 0. The van der Waals surface area contributed by atoms with Crippen LogP contribution in [0.15, 0.2) is 11.6 Å². The van der Waals surface area contributed by atoms with Crippen LogP contribution >= 0.6 is 27.7 Å². The van der Waals surface area contributed by atoms with Crippen molar-refractivity contribution in [3.8, 4) is 0 Å². The van der Waals surface area contributed by atoms with E-state index in [-0.39, 0.29) is 0 Å². The van der Waals surface area contributed by atoms with Crippen LogP contribution in [0.5, 0.6) is 0 Å². The number of rotatable bonds is 2. The molecule has 0 aromatic heterocycles. The number of allylic oxidation sites excluding steroid dienone is 2. The molecule has 0 aliphatic carbocycles. The zero-order chi connectivity index (χ0) is 8.97. The number of hydrogen-bond donors (Lipinski definition) is 0. The summed E-state index contributed by atoms with van der Waals surface area (Å²) in [6.45, 7) is 4.42. The summed E-state index contributed by atoms with van der Waals surface area (Å²) in [6.07, 6.45) is 5.24. The van der Waals surface area contributed by atoms with Crippen LogP contribution in [0, 0.1) is 5.92 Å². The first-order valence-electron chi connectivity index (χ1n) is 4.60. The minimum atomic E-state index is 0.546. The normalized spacial score (nSPS) is 28.6. The minimum Gasteiger partial charge on any atom is -0.161 e. The van der Waals surface area contributed by atoms with Crippen LogP contribution in [0.25, 0.3) is 0 Å². The lowest BCUT2D eigenvalue weighted by atomic mass is 10.0. The first-order chi connectivity index (χ1) is 5.70. The van der Waals surface area contributed by atoms with E-state index in [9.17, 15) is 0 Å². The van der Waals surface area contributed by atoms with E-state index in [2.05, 4.69) is 47.6 Å². The Morgan fingerprint density at radius 1 is 1.67 bits per heavy atom. The molecule has 1 fully saturated rings. The molecular formula is C10H17BrS. The van der Waals surface area contributed by atoms with Gasteiger partial charge in [-0.1, -0.05) is 27.6 Å². The maximum atomic E-state index is 3.59. The molecule has 1 rings (SSSR count). The van der Waals surface area contributed by atoms with Crippen molar-refractivity contribution in [3.63, 3.8) is 0 Å². The molecule has 2 unspecified atom stereocenters. The maximum absolute atomic E-state index is 3.59. The fourth-order valence-corrected chi connectivity index (χ4v) is 2.66. The minimum absolute atomic E-state index is 0.546. The number of alkyl halides is 1. The predicted octanol–water partition coefficient (Wildman–Crippen LogP) is 3.86. The highest BCUT2D eigenvalue weighted by Gasteiger charge is 2.11. The summed E-state index contributed by atoms with van der Waals surface area (Å²) in [4.78, 5) is 0.546. The second kappa shape index (κ2) is 5.33. The Kier molecular flexibility index (Phi) is 4.73. The lowest BCUT2D eigenvalue weighted by molar-refractivity contribution is 0.625. The molecule has 1 aliphatic heterocycles. The fraction of sp³-hybridized carbons (Fsp3) is 0.800. The second-order valence-corrected chi connectivity index (χ2v) is 6.03. The summed E-state index contributed by atoms with van der Waals surface area (Å²) in [5.41, 5.74) is 1.49. The Morgan fingerprint density at radius 3 is 2.92 bits per heavy atom. The molecule has 12 heavy (non-hydrogen) atoms. The van der Waals surface area contributed by atoms with Crippen LogP contribution in [0.1, 0.15) is 26.7 Å². The van der Waals surface area contributed by atoms with Gasteiger partial charge in [-0.15, -0.1) is 0 Å². The summed E-state index contributed by atoms with van der Waals surface area (Å²) < 4.78 is 0. The van der Waals surface area contributed by atoms with Crippen molar-refractivity contribution in [2.24, 2.45) is 5.92 Å². The van der Waals surface area contributed by atoms with Gasteiger partial charge < -0.3 is 0 Å². The van der Waals surface area contributed by atoms with Crippen molar-refractivity contribution in [1.29, 1.82) is 0 Å². The Hall–Kier alpha value is 0.570. The molecule has 0 bridgehead atoms. The number of thioether (sulfide) groups is 1. The molecule has 0 aromatic rings. The van der Waals surface area contributed by atoms with Crippen LogP contribution in [-0.4, -0.2) is 16.3 Å². The topological polar surface area (TPSA) is 0 Å². The molecule has 0 radical (unpaired) electrons. The van der Waals surface area contributed by atoms with E-state index in [4.69, 9.17) is 0 Å². The molecular weight excluding hydrogens is 232 g/mol. The van der Waals surface area contributed by atoms with Crippen LogP contribution < -0.4 is 0 Å². The average molecular weight is 249 g/mol. The maximum Gasteiger partial charge on any atom is 0.0323 e. The van der Waals surface area contributed by atoms with Gasteiger partial charge in [-0.25, -0.2) is 0 Å². The summed E-state index contributed by atoms with van der Waals surface area (Å²) in [6, 6.07) is 0. The second-order valence-electron chi connectivity index (χ2n) is 3.50. The molecule has 0 amide bonds. The van der Waals surface area contributed by atoms with Gasteiger partial charge >= 0.3 is 0 Å². The zero-order valence-electron chi connectivity index (χ0n) is 7.85. The molecule has 2 atom stereocenters. The van der Waals surface area contributed by atoms with Gasteiger partial charge in [0.05, 0.1) is 0 Å². The first-order valence-corrected chi connectivity index (χ1v) is 6.67. The Morgan fingerprint density at radius 2 is 2.42 bits per heavy atom. The van der Waals surface area contributed by atoms with Crippen molar-refractivity contribution in [2.45, 2.75) is 31.5 Å². The van der Waals surface area contributed by atoms with Gasteiger partial charge in [0.25, 0.3) is 0 Å². The van der Waals surface area contributed by atoms with Crippen LogP contribution in [-0.2, 0) is 0 Å². The van der Waals surface area contributed by atoms with Gasteiger partial charge in [0.1, 0.15) is 0 Å². The van der Waals surface area contributed by atoms with Crippen molar-refractivity contribution in [1.82, 2.24) is 0 Å². The Labute approximate surface area is 88.3 Å². The quantitative estimate of drug-likeness (QED) is 0.529. The van der Waals surface area contributed by atoms with Gasteiger partial charge in [0.15, 0.2) is 0 Å². The van der Waals surface area contributed by atoms with Crippen LogP contribution in [0.4, 0.5) is 0 Å². The molecule has 0 N–H and O–H groups in total. The first kappa shape index (κ1) is 10.6. The van der Waals surface area contributed by atoms with E-state index in [1.165, 1.54) is 29.9 Å². The third-order valence-corrected chi connectivity index (χ3v) is 4.28. The highest BCUT2D eigenvalue weighted by atomic mass is 79.9. The molecule has 0 nitrogen and oxygen atoms in total. The summed E-state index contributed by atoms with van der Waals surface area (Å²) >= 11 is 5.69. The standard InChI is InChI=1S/C10H17BrS/c1-8(9(2)11)6-10-4-3-5-12-7-10/h6,9-10H,3-5,7H2,1-2H3/b8-6+. The van der Waals surface area contributed by atoms with Gasteiger partial charge in [-0.05, 0) is 44.1 Å². The van der Waals surface area contributed by atoms with Crippen molar-refractivity contribution in [2.75, 3.05) is 11.5 Å². The zero-order valence-corrected chi connectivity index (χ0v) is 10.2. The summed E-state index contributed by atoms with van der Waals surface area (Å²) in [5.74, 6) is 3.54. The molecule has 0 aromatic carbocycles. The van der Waals surface area contributed by atoms with Gasteiger partial charge in [0.2, 0.25) is 0 Å². The summed E-state index contributed by atoms with van der Waals surface area (Å²) in [7, 11) is 0. The molecule has 2 heteroatoms. The van der Waals surface area contributed by atoms with Gasteiger partial charge in [0, 0.05) is 4.83 Å². The average Bonchev–Trinajstić information content (AvgIpc) is 2.06. The molecule has 1 saturated heterocycles. The Bertz CT molecular complexity index is 157. The largest absolute Gasteiger partial charge is 0.161 e. The van der Waals surface area contributed by atoms with E-state index in [0.717, 1.165) is 5.92 Å². The van der Waals surface area contributed by atoms with Gasteiger partial charge in [-0.3, -0.25) is 0 Å². The van der Waals surface area contributed by atoms with E-state index in [0.29, 0.717) is 4.83 Å². The van der Waals surface area contributed by atoms with E-state index >= 15 is 0 Å². The lowest BCUT2D eigenvalue weighted by Crippen LogP contribution is -2.09. The van der Waals surface area contributed by atoms with Crippen molar-refractivity contribution >= 4 is 27.7 Å².